The molecule has 4 amide bonds. The topological polar surface area (TPSA) is 202 Å². The summed E-state index contributed by atoms with van der Waals surface area (Å²) in [7, 11) is 1.70. The summed E-state index contributed by atoms with van der Waals surface area (Å²) in [4.78, 5) is 73.7. The molecule has 18 heteroatoms. The van der Waals surface area contributed by atoms with Crippen molar-refractivity contribution in [2.24, 2.45) is 22.2 Å². The fraction of sp³-hybridized carbons (Fsp3) is 0.481. The molecule has 2 heterocycles. The number of benzene rings is 3. The Hall–Kier alpha value is -6.22. The number of unbranched alkanes of at least 4 members (excludes halogenated alkanes) is 1. The van der Waals surface area contributed by atoms with Crippen LogP contribution in [-0.4, -0.2) is 97.2 Å². The number of rotatable bonds is 19. The zero-order valence-electron chi connectivity index (χ0n) is 41.5. The average Bonchev–Trinajstić information content (AvgIpc) is 3.92. The van der Waals surface area contributed by atoms with Crippen LogP contribution >= 0.6 is 22.9 Å². The largest absolute Gasteiger partial charge is 0.494 e. The predicted octanol–water partition coefficient (Wildman–Crippen LogP) is 8.12. The molecule has 2 fully saturated rings. The lowest BCUT2D eigenvalue weighted by Crippen LogP contribution is -2.69. The predicted molar refractivity (Wildman–Crippen MR) is 268 cm³/mol. The first kappa shape index (κ1) is 53.1. The van der Waals surface area contributed by atoms with E-state index in [1.54, 1.807) is 71.4 Å². The lowest BCUT2D eigenvalue weighted by atomic mass is 9.45. The highest BCUT2D eigenvalue weighted by molar-refractivity contribution is 7.13. The van der Waals surface area contributed by atoms with Crippen molar-refractivity contribution in [3.05, 3.63) is 88.5 Å². The Kier molecular flexibility index (Phi) is 16.9. The molecule has 1 saturated carbocycles. The quantitative estimate of drug-likeness (QED) is 0.0464. The van der Waals surface area contributed by atoms with Crippen molar-refractivity contribution >= 4 is 63.9 Å². The summed E-state index contributed by atoms with van der Waals surface area (Å²) < 4.78 is 23.4. The number of aromatic nitrogens is 1. The summed E-state index contributed by atoms with van der Waals surface area (Å²) in [5.74, 6) is -1.25. The third-order valence-electron chi connectivity index (χ3n) is 12.9. The average molecular weight is 999 g/mol. The van der Waals surface area contributed by atoms with Crippen molar-refractivity contribution in [1.82, 2.24) is 20.6 Å². The maximum Gasteiger partial charge on any atom is 0.302 e. The number of hydrazine groups is 1. The number of carbonyl (C=O) groups excluding carboxylic acids is 5. The zero-order valence-corrected chi connectivity index (χ0v) is 43.1. The van der Waals surface area contributed by atoms with Crippen LogP contribution in [0.3, 0.4) is 0 Å². The molecule has 0 unspecified atom stereocenters. The lowest BCUT2D eigenvalue weighted by Gasteiger charge is -2.62. The molecule has 374 valence electrons. The molecule has 16 nitrogen and oxygen atoms in total. The molecule has 6 rings (SSSR count). The van der Waals surface area contributed by atoms with Crippen LogP contribution in [0, 0.1) is 40.4 Å². The maximum atomic E-state index is 14.3. The van der Waals surface area contributed by atoms with Gasteiger partial charge in [-0.05, 0) is 79.3 Å². The van der Waals surface area contributed by atoms with Crippen LogP contribution in [-0.2, 0) is 33.4 Å². The highest BCUT2D eigenvalue weighted by atomic mass is 35.5. The monoisotopic (exact) mass is 997 g/mol. The van der Waals surface area contributed by atoms with E-state index in [0.717, 1.165) is 16.1 Å². The number of thiazole rings is 1. The summed E-state index contributed by atoms with van der Waals surface area (Å²) in [6.45, 7) is 17.1. The van der Waals surface area contributed by atoms with Crippen LogP contribution in [0.15, 0.2) is 72.2 Å². The molecule has 2 aliphatic rings. The highest BCUT2D eigenvalue weighted by Crippen LogP contribution is 2.60. The molecule has 1 aliphatic heterocycles. The van der Waals surface area contributed by atoms with Gasteiger partial charge in [-0.25, -0.2) is 4.98 Å². The second kappa shape index (κ2) is 22.2. The van der Waals surface area contributed by atoms with Gasteiger partial charge < -0.3 is 34.5 Å². The lowest BCUT2D eigenvalue weighted by molar-refractivity contribution is -0.198. The van der Waals surface area contributed by atoms with Gasteiger partial charge in [0.2, 0.25) is 17.7 Å². The first-order chi connectivity index (χ1) is 33.0. The SMILES string of the molecule is CC(=O)O[C@@H]1C[C@@H](C(=O)NN(C)c2ccc(-c3scnc3C)cc2)N(C(=O)[C@@H](NC(=O)COCCCCOc2ccc(NC(=O)C3C(C)(C)C(Oc4ccc(C#N)c(Cl)c4)C3(C)C)cc2)C(C)(C)C)C1. The van der Waals surface area contributed by atoms with Crippen molar-refractivity contribution in [2.45, 2.75) is 106 Å². The Bertz CT molecular complexity index is 2560. The minimum Gasteiger partial charge on any atom is -0.494 e. The Morgan fingerprint density at radius 2 is 1.61 bits per heavy atom. The number of esters is 1. The van der Waals surface area contributed by atoms with Crippen molar-refractivity contribution < 1.29 is 42.9 Å². The van der Waals surface area contributed by atoms with E-state index in [4.69, 9.17) is 30.5 Å². The molecule has 70 heavy (non-hydrogen) atoms. The standard InChI is InChI=1S/C52H64ClN7O9S/c1-31-43(70-30-55-31)33-13-18-36(19-14-33)59(10)58-46(63)41-26-39(68-32(2)61)28-60(41)48(65)45(50(3,4)5)57-42(62)29-66-23-11-12-24-67-37-21-16-35(17-22-37)56-47(64)44-51(6,7)49(52(44,8)9)69-38-20-15-34(27-54)40(53)25-38/h13-22,25,30,39,41,44-45,49H,11-12,23-24,26,28-29H2,1-10H3,(H,56,64)(H,57,62)(H,58,63)/t39-,41+,44?,45-,49?/m1/s1. The van der Waals surface area contributed by atoms with E-state index in [9.17, 15) is 29.2 Å². The molecular weight excluding hydrogens is 934 g/mol. The first-order valence-electron chi connectivity index (χ1n) is 23.3. The molecule has 1 aliphatic carbocycles. The van der Waals surface area contributed by atoms with Gasteiger partial charge in [-0.2, -0.15) is 5.26 Å². The summed E-state index contributed by atoms with van der Waals surface area (Å²) in [6, 6.07) is 19.8. The maximum absolute atomic E-state index is 14.3. The number of nitrogens with one attached hydrogen (secondary N) is 3. The van der Waals surface area contributed by atoms with Gasteiger partial charge in [-0.1, -0.05) is 72.2 Å². The number of amides is 4. The van der Waals surface area contributed by atoms with Crippen LogP contribution < -0.4 is 30.5 Å². The van der Waals surface area contributed by atoms with Gasteiger partial charge in [-0.3, -0.25) is 34.4 Å². The van der Waals surface area contributed by atoms with Gasteiger partial charge in [0.05, 0.1) is 51.4 Å². The van der Waals surface area contributed by atoms with Crippen molar-refractivity contribution in [3.63, 3.8) is 0 Å². The van der Waals surface area contributed by atoms with Gasteiger partial charge in [-0.15, -0.1) is 11.3 Å². The first-order valence-corrected chi connectivity index (χ1v) is 24.6. The van der Waals surface area contributed by atoms with E-state index in [2.05, 4.69) is 21.0 Å². The van der Waals surface area contributed by atoms with Gasteiger partial charge in [0.25, 0.3) is 5.91 Å². The van der Waals surface area contributed by atoms with E-state index in [1.807, 2.05) is 85.7 Å². The molecule has 4 aromatic rings. The zero-order chi connectivity index (χ0) is 51.1. The number of anilines is 2. The van der Waals surface area contributed by atoms with Gasteiger partial charge in [0.15, 0.2) is 0 Å². The number of hydrogen-bond acceptors (Lipinski definition) is 13. The van der Waals surface area contributed by atoms with Crippen LogP contribution in [0.1, 0.15) is 85.9 Å². The number of halogens is 1. The third-order valence-corrected chi connectivity index (χ3v) is 14.2. The summed E-state index contributed by atoms with van der Waals surface area (Å²) >= 11 is 7.78. The molecular formula is C52H64ClN7O9S. The van der Waals surface area contributed by atoms with Crippen LogP contribution in [0.4, 0.5) is 11.4 Å². The number of aryl methyl sites for hydroxylation is 1. The number of carbonyl (C=O) groups is 5. The molecule has 3 aromatic carbocycles. The Labute approximate surface area is 419 Å². The molecule has 1 aromatic heterocycles. The fourth-order valence-corrected chi connectivity index (χ4v) is 10.8. The molecule has 1 saturated heterocycles. The number of hydrogen-bond donors (Lipinski definition) is 3. The van der Waals surface area contributed by atoms with E-state index in [1.165, 1.54) is 11.8 Å². The number of nitriles is 1. The third kappa shape index (κ3) is 12.6. The molecule has 3 N–H and O–H groups in total. The van der Waals surface area contributed by atoms with Crippen LogP contribution in [0.25, 0.3) is 10.4 Å². The number of ether oxygens (including phenoxy) is 4. The number of likely N-dealkylation sites (tertiary alicyclic amines) is 1. The van der Waals surface area contributed by atoms with E-state index < -0.39 is 58.1 Å². The second-order valence-corrected chi connectivity index (χ2v) is 21.4. The fourth-order valence-electron chi connectivity index (χ4n) is 9.76. The second-order valence-electron chi connectivity index (χ2n) is 20.1. The van der Waals surface area contributed by atoms with Crippen molar-refractivity contribution in [1.29, 1.82) is 5.26 Å². The van der Waals surface area contributed by atoms with Gasteiger partial charge in [0, 0.05) is 49.6 Å². The summed E-state index contributed by atoms with van der Waals surface area (Å²) in [5, 5.41) is 17.0. The summed E-state index contributed by atoms with van der Waals surface area (Å²) in [5.41, 5.74) is 6.59. The van der Waals surface area contributed by atoms with E-state index >= 15 is 0 Å². The van der Waals surface area contributed by atoms with Crippen LogP contribution in [0.5, 0.6) is 11.5 Å². The molecule has 0 spiro atoms. The Morgan fingerprint density at radius 1 is 0.957 bits per heavy atom. The summed E-state index contributed by atoms with van der Waals surface area (Å²) in [6.07, 6.45) is 0.345. The van der Waals surface area contributed by atoms with E-state index in [0.29, 0.717) is 52.9 Å². The normalized spacial score (nSPS) is 19.4. The van der Waals surface area contributed by atoms with Crippen molar-refractivity contribution in [2.75, 3.05) is 43.7 Å². The van der Waals surface area contributed by atoms with Gasteiger partial charge in [0.1, 0.15) is 48.5 Å². The highest BCUT2D eigenvalue weighted by Gasteiger charge is 2.66. The smallest absolute Gasteiger partial charge is 0.302 e. The minimum absolute atomic E-state index is 0.0145. The Morgan fingerprint density at radius 3 is 2.21 bits per heavy atom. The van der Waals surface area contributed by atoms with Crippen LogP contribution in [0.2, 0.25) is 5.02 Å². The molecule has 0 bridgehead atoms. The minimum atomic E-state index is -1.02. The Balaban J connectivity index is 0.932. The molecule has 3 atom stereocenters. The molecule has 0 radical (unpaired) electrons. The number of nitrogens with zero attached hydrogens (tertiary/aromatic N) is 4. The van der Waals surface area contributed by atoms with Crippen molar-refractivity contribution in [3.8, 4) is 28.0 Å². The van der Waals surface area contributed by atoms with Gasteiger partial charge >= 0.3 is 5.97 Å². The van der Waals surface area contributed by atoms with E-state index in [-0.39, 0.29) is 44.1 Å².